The van der Waals surface area contributed by atoms with Crippen molar-refractivity contribution < 1.29 is 38.4 Å². The standard InChI is InChI=1S/C57H112N12O8/c1-2-3-4-5-9-16-36-51(71)67-47(32-21-25-40-59)55(75)64-44-29-14-7-11-18-38-53(73)69-49(34-23-27-42-61)57(77)65-45-30-15-8-12-19-37-52(72)68-48(33-22-26-41-60)56(76)63-43-28-13-6-10-17-35-50(70)66-46(54(62)74)31-20-24-39-58/h46-49H,2-45,58-61H2,1H3,(H2,62,74)(H,63,76)(H,64,75)(H,65,77)(H,66,70)(H,67,71)(H,68,72)(H,69,73). The number of nitrogens with one attached hydrogen (secondary N) is 7. The van der Waals surface area contributed by atoms with Crippen molar-refractivity contribution in [1.29, 1.82) is 0 Å². The van der Waals surface area contributed by atoms with Gasteiger partial charge in [0, 0.05) is 45.3 Å². The van der Waals surface area contributed by atoms with Gasteiger partial charge in [-0.05, 0) is 148 Å². The number of carbonyl (C=O) groups is 8. The van der Waals surface area contributed by atoms with E-state index >= 15 is 0 Å². The molecule has 0 heterocycles. The predicted molar refractivity (Wildman–Crippen MR) is 309 cm³/mol. The highest BCUT2D eigenvalue weighted by Gasteiger charge is 2.23. The van der Waals surface area contributed by atoms with Crippen molar-refractivity contribution in [1.82, 2.24) is 37.2 Å². The maximum absolute atomic E-state index is 13.2. The molecule has 20 nitrogen and oxygen atoms in total. The fourth-order valence-corrected chi connectivity index (χ4v) is 9.02. The molecular formula is C57H112N12O8. The van der Waals surface area contributed by atoms with Crippen LogP contribution in [-0.2, 0) is 38.4 Å². The Labute approximate surface area is 464 Å². The van der Waals surface area contributed by atoms with Crippen molar-refractivity contribution in [2.75, 3.05) is 45.8 Å². The molecule has 448 valence electrons. The van der Waals surface area contributed by atoms with Crippen molar-refractivity contribution in [3.05, 3.63) is 0 Å². The molecule has 0 aromatic carbocycles. The Balaban J connectivity index is 4.47. The van der Waals surface area contributed by atoms with Crippen LogP contribution in [0.2, 0.25) is 0 Å². The lowest BCUT2D eigenvalue weighted by molar-refractivity contribution is -0.129. The highest BCUT2D eigenvalue weighted by atomic mass is 16.2. The highest BCUT2D eigenvalue weighted by molar-refractivity contribution is 5.89. The molecule has 77 heavy (non-hydrogen) atoms. The summed E-state index contributed by atoms with van der Waals surface area (Å²) in [5.41, 5.74) is 28.0. The summed E-state index contributed by atoms with van der Waals surface area (Å²) in [6.07, 6.45) is 28.4. The molecule has 8 amide bonds. The number of hydrogen-bond acceptors (Lipinski definition) is 12. The Morgan fingerprint density at radius 3 is 0.792 bits per heavy atom. The Morgan fingerprint density at radius 2 is 0.532 bits per heavy atom. The van der Waals surface area contributed by atoms with Gasteiger partial charge in [0.15, 0.2) is 0 Å². The minimum atomic E-state index is -0.670. The lowest BCUT2D eigenvalue weighted by atomic mass is 10.1. The largest absolute Gasteiger partial charge is 0.368 e. The fraction of sp³-hybridized carbons (Fsp3) is 0.860. The molecule has 0 radical (unpaired) electrons. The first-order valence-electron chi connectivity index (χ1n) is 30.4. The van der Waals surface area contributed by atoms with Crippen LogP contribution in [-0.4, -0.2) is 117 Å². The third-order valence-corrected chi connectivity index (χ3v) is 13.8. The van der Waals surface area contributed by atoms with E-state index < -0.39 is 30.1 Å². The first-order valence-corrected chi connectivity index (χ1v) is 30.4. The van der Waals surface area contributed by atoms with Crippen LogP contribution in [0, 0.1) is 0 Å². The van der Waals surface area contributed by atoms with E-state index in [0.717, 1.165) is 148 Å². The molecule has 0 fully saturated rings. The van der Waals surface area contributed by atoms with Crippen LogP contribution < -0.4 is 65.9 Å². The Kier molecular flexibility index (Phi) is 49.3. The van der Waals surface area contributed by atoms with Crippen LogP contribution in [0.1, 0.15) is 244 Å². The molecule has 0 saturated heterocycles. The van der Waals surface area contributed by atoms with Crippen LogP contribution in [0.25, 0.3) is 0 Å². The van der Waals surface area contributed by atoms with Gasteiger partial charge in [0.1, 0.15) is 24.2 Å². The predicted octanol–water partition coefficient (Wildman–Crippen LogP) is 5.05. The zero-order chi connectivity index (χ0) is 57.0. The second kappa shape index (κ2) is 52.3. The van der Waals surface area contributed by atoms with Crippen molar-refractivity contribution in [3.63, 3.8) is 0 Å². The van der Waals surface area contributed by atoms with Gasteiger partial charge >= 0.3 is 0 Å². The Hall–Kier alpha value is -4.40. The SMILES string of the molecule is CCCCCCCCC(=O)NC(CCCCN)C(=O)NCCCCCCCC(=O)NC(CCCCN)C(=O)NCCCCCCCC(=O)NC(CCCCN)C(=O)NCCCCCCCC(=O)NC(CCCCN)C(N)=O. The summed E-state index contributed by atoms with van der Waals surface area (Å²) in [7, 11) is 0. The lowest BCUT2D eigenvalue weighted by Crippen LogP contribution is -2.47. The summed E-state index contributed by atoms with van der Waals surface area (Å²) in [5.74, 6) is -1.65. The summed E-state index contributed by atoms with van der Waals surface area (Å²) in [4.78, 5) is 102. The molecule has 0 saturated carbocycles. The molecule has 4 unspecified atom stereocenters. The number of hydrogen-bond donors (Lipinski definition) is 12. The summed E-state index contributed by atoms with van der Waals surface area (Å²) in [6, 6.07) is -2.46. The van der Waals surface area contributed by atoms with E-state index in [-0.39, 0.29) is 41.4 Å². The van der Waals surface area contributed by atoms with Crippen molar-refractivity contribution >= 4 is 47.3 Å². The summed E-state index contributed by atoms with van der Waals surface area (Å²) >= 11 is 0. The van der Waals surface area contributed by atoms with E-state index in [2.05, 4.69) is 44.1 Å². The number of primary amides is 1. The lowest BCUT2D eigenvalue weighted by Gasteiger charge is -2.19. The highest BCUT2D eigenvalue weighted by Crippen LogP contribution is 2.12. The van der Waals surface area contributed by atoms with Gasteiger partial charge in [0.2, 0.25) is 47.3 Å². The van der Waals surface area contributed by atoms with Gasteiger partial charge in [-0.3, -0.25) is 38.4 Å². The van der Waals surface area contributed by atoms with Gasteiger partial charge in [-0.2, -0.15) is 0 Å². The van der Waals surface area contributed by atoms with Crippen LogP contribution in [0.4, 0.5) is 0 Å². The smallest absolute Gasteiger partial charge is 0.242 e. The first-order chi connectivity index (χ1) is 37.3. The van der Waals surface area contributed by atoms with Crippen LogP contribution in [0.15, 0.2) is 0 Å². The number of unbranched alkanes of at least 4 members (excludes halogenated alkanes) is 21. The molecule has 17 N–H and O–H groups in total. The van der Waals surface area contributed by atoms with Gasteiger partial charge < -0.3 is 65.9 Å². The number of nitrogens with two attached hydrogens (primary N) is 5. The topological polar surface area (TPSA) is 351 Å². The second-order valence-electron chi connectivity index (χ2n) is 21.0. The van der Waals surface area contributed by atoms with Crippen molar-refractivity contribution in [3.8, 4) is 0 Å². The van der Waals surface area contributed by atoms with E-state index in [1.165, 1.54) is 19.3 Å². The normalized spacial score (nSPS) is 12.7. The van der Waals surface area contributed by atoms with Crippen molar-refractivity contribution in [2.45, 2.75) is 269 Å². The monoisotopic (exact) mass is 1090 g/mol. The van der Waals surface area contributed by atoms with Gasteiger partial charge in [0.05, 0.1) is 0 Å². The molecule has 20 heteroatoms. The summed E-state index contributed by atoms with van der Waals surface area (Å²) < 4.78 is 0. The maximum Gasteiger partial charge on any atom is 0.242 e. The summed E-state index contributed by atoms with van der Waals surface area (Å²) in [5, 5.41) is 20.5. The third kappa shape index (κ3) is 44.2. The van der Waals surface area contributed by atoms with E-state index in [1.807, 2.05) is 0 Å². The molecule has 0 rings (SSSR count). The number of amides is 8. The van der Waals surface area contributed by atoms with E-state index in [0.29, 0.717) is 116 Å². The fourth-order valence-electron chi connectivity index (χ4n) is 9.02. The van der Waals surface area contributed by atoms with Crippen molar-refractivity contribution in [2.24, 2.45) is 28.7 Å². The average molecular weight is 1090 g/mol. The molecule has 0 spiro atoms. The average Bonchev–Trinajstić information content (AvgIpc) is 3.40. The van der Waals surface area contributed by atoms with E-state index in [9.17, 15) is 38.4 Å². The zero-order valence-corrected chi connectivity index (χ0v) is 48.1. The van der Waals surface area contributed by atoms with E-state index in [4.69, 9.17) is 28.7 Å². The zero-order valence-electron chi connectivity index (χ0n) is 48.1. The minimum absolute atomic E-state index is 0.0734. The molecule has 0 aliphatic heterocycles. The van der Waals surface area contributed by atoms with Gasteiger partial charge in [0.25, 0.3) is 0 Å². The minimum Gasteiger partial charge on any atom is -0.368 e. The second-order valence-corrected chi connectivity index (χ2v) is 21.0. The van der Waals surface area contributed by atoms with E-state index in [1.54, 1.807) is 0 Å². The van der Waals surface area contributed by atoms with Gasteiger partial charge in [-0.25, -0.2) is 0 Å². The maximum atomic E-state index is 13.2. The molecule has 0 aliphatic rings. The van der Waals surface area contributed by atoms with Crippen LogP contribution >= 0.6 is 0 Å². The summed E-state index contributed by atoms with van der Waals surface area (Å²) in [6.45, 7) is 5.78. The Bertz CT molecular complexity index is 1560. The first kappa shape index (κ1) is 72.6. The van der Waals surface area contributed by atoms with Crippen LogP contribution in [0.5, 0.6) is 0 Å². The quantitative estimate of drug-likeness (QED) is 0.0356. The van der Waals surface area contributed by atoms with Crippen LogP contribution in [0.3, 0.4) is 0 Å². The van der Waals surface area contributed by atoms with Gasteiger partial charge in [-0.15, -0.1) is 0 Å². The molecule has 0 aromatic rings. The molecular weight excluding hydrogens is 981 g/mol. The molecule has 4 atom stereocenters. The Morgan fingerprint density at radius 1 is 0.299 bits per heavy atom. The number of carbonyl (C=O) groups excluding carboxylic acids is 8. The molecule has 0 aliphatic carbocycles. The van der Waals surface area contributed by atoms with Gasteiger partial charge in [-0.1, -0.05) is 96.8 Å². The molecule has 0 aromatic heterocycles. The molecule has 0 bridgehead atoms. The third-order valence-electron chi connectivity index (χ3n) is 13.8. The number of rotatable bonds is 55.